The molecule has 1 unspecified atom stereocenters. The minimum absolute atomic E-state index is 0.0410. The molecule has 1 fully saturated rings. The SMILES string of the molecule is CCn1cnc(S(=O)(=O)N2CCCCCC2CBr)c1. The van der Waals surface area contributed by atoms with Gasteiger partial charge >= 0.3 is 0 Å². The topological polar surface area (TPSA) is 55.2 Å². The number of nitrogens with zero attached hydrogens (tertiary/aromatic N) is 3. The third-order valence-corrected chi connectivity index (χ3v) is 6.13. The Morgan fingerprint density at radius 1 is 1.42 bits per heavy atom. The number of aromatic nitrogens is 2. The number of hydrogen-bond acceptors (Lipinski definition) is 3. The molecule has 2 rings (SSSR count). The van der Waals surface area contributed by atoms with E-state index in [0.29, 0.717) is 11.9 Å². The molecule has 0 aliphatic carbocycles. The Hall–Kier alpha value is -0.400. The molecule has 5 nitrogen and oxygen atoms in total. The zero-order chi connectivity index (χ0) is 13.9. The number of sulfonamides is 1. The Bertz CT molecular complexity index is 515. The summed E-state index contributed by atoms with van der Waals surface area (Å²) in [4.78, 5) is 4.05. The third-order valence-electron chi connectivity index (χ3n) is 3.55. The fourth-order valence-corrected chi connectivity index (χ4v) is 4.88. The molecule has 0 amide bonds. The molecule has 108 valence electrons. The second-order valence-electron chi connectivity index (χ2n) is 4.82. The molecule has 1 aromatic rings. The second-order valence-corrected chi connectivity index (χ2v) is 7.30. The normalized spacial score (nSPS) is 22.3. The van der Waals surface area contributed by atoms with E-state index in [0.717, 1.165) is 32.2 Å². The van der Waals surface area contributed by atoms with Crippen molar-refractivity contribution >= 4 is 26.0 Å². The summed E-state index contributed by atoms with van der Waals surface area (Å²) in [5.74, 6) is 0. The number of halogens is 1. The van der Waals surface area contributed by atoms with E-state index in [1.165, 1.54) is 0 Å². The first-order valence-corrected chi connectivity index (χ1v) is 9.25. The van der Waals surface area contributed by atoms with Gasteiger partial charge < -0.3 is 4.57 Å². The molecule has 0 radical (unpaired) electrons. The van der Waals surface area contributed by atoms with Crippen LogP contribution in [0.5, 0.6) is 0 Å². The van der Waals surface area contributed by atoms with Gasteiger partial charge in [-0.25, -0.2) is 13.4 Å². The lowest BCUT2D eigenvalue weighted by atomic mass is 10.1. The molecule has 0 bridgehead atoms. The van der Waals surface area contributed by atoms with Gasteiger partial charge in [0.25, 0.3) is 10.0 Å². The average Bonchev–Trinajstić information content (AvgIpc) is 2.76. The molecule has 1 aliphatic heterocycles. The van der Waals surface area contributed by atoms with Crippen molar-refractivity contribution < 1.29 is 8.42 Å². The first-order valence-electron chi connectivity index (χ1n) is 6.69. The number of imidazole rings is 1. The molecule has 0 spiro atoms. The maximum Gasteiger partial charge on any atom is 0.262 e. The number of alkyl halides is 1. The number of aryl methyl sites for hydroxylation is 1. The van der Waals surface area contributed by atoms with E-state index in [9.17, 15) is 8.42 Å². The van der Waals surface area contributed by atoms with E-state index in [1.807, 2.05) is 6.92 Å². The summed E-state index contributed by atoms with van der Waals surface area (Å²) >= 11 is 3.44. The molecule has 0 saturated carbocycles. The van der Waals surface area contributed by atoms with E-state index < -0.39 is 10.0 Å². The van der Waals surface area contributed by atoms with Gasteiger partial charge in [0, 0.05) is 30.7 Å². The molecular weight excluding hydrogens is 330 g/mol. The summed E-state index contributed by atoms with van der Waals surface area (Å²) in [6.07, 6.45) is 7.22. The van der Waals surface area contributed by atoms with Crippen molar-refractivity contribution in [2.75, 3.05) is 11.9 Å². The van der Waals surface area contributed by atoms with Crippen molar-refractivity contribution in [3.05, 3.63) is 12.5 Å². The van der Waals surface area contributed by atoms with Crippen molar-refractivity contribution in [3.63, 3.8) is 0 Å². The van der Waals surface area contributed by atoms with Crippen molar-refractivity contribution in [1.82, 2.24) is 13.9 Å². The van der Waals surface area contributed by atoms with Crippen LogP contribution in [0.4, 0.5) is 0 Å². The van der Waals surface area contributed by atoms with Crippen LogP contribution in [0.2, 0.25) is 0 Å². The lowest BCUT2D eigenvalue weighted by Crippen LogP contribution is -2.41. The van der Waals surface area contributed by atoms with E-state index >= 15 is 0 Å². The quantitative estimate of drug-likeness (QED) is 0.783. The Balaban J connectivity index is 2.30. The first-order chi connectivity index (χ1) is 9.09. The van der Waals surface area contributed by atoms with Crippen LogP contribution in [0.25, 0.3) is 0 Å². The molecule has 19 heavy (non-hydrogen) atoms. The third kappa shape index (κ3) is 3.20. The molecule has 1 atom stereocenters. The largest absolute Gasteiger partial charge is 0.336 e. The van der Waals surface area contributed by atoms with Crippen LogP contribution in [0, 0.1) is 0 Å². The van der Waals surface area contributed by atoms with Crippen LogP contribution in [0.3, 0.4) is 0 Å². The van der Waals surface area contributed by atoms with Crippen LogP contribution < -0.4 is 0 Å². The molecule has 7 heteroatoms. The highest BCUT2D eigenvalue weighted by atomic mass is 79.9. The van der Waals surface area contributed by atoms with Gasteiger partial charge in [0.15, 0.2) is 5.03 Å². The summed E-state index contributed by atoms with van der Waals surface area (Å²) in [5, 5.41) is 0.850. The van der Waals surface area contributed by atoms with Gasteiger partial charge in [-0.2, -0.15) is 4.31 Å². The summed E-state index contributed by atoms with van der Waals surface area (Å²) in [5.41, 5.74) is 0. The minimum Gasteiger partial charge on any atom is -0.336 e. The molecular formula is C12H20BrN3O2S. The van der Waals surface area contributed by atoms with Crippen molar-refractivity contribution in [2.24, 2.45) is 0 Å². The Morgan fingerprint density at radius 2 is 2.21 bits per heavy atom. The van der Waals surface area contributed by atoms with Crippen LogP contribution in [0.1, 0.15) is 32.6 Å². The zero-order valence-corrected chi connectivity index (χ0v) is 13.5. The van der Waals surface area contributed by atoms with E-state index in [1.54, 1.807) is 21.4 Å². The van der Waals surface area contributed by atoms with E-state index in [4.69, 9.17) is 0 Å². The Kier molecular flexibility index (Phi) is 5.03. The lowest BCUT2D eigenvalue weighted by molar-refractivity contribution is 0.346. The smallest absolute Gasteiger partial charge is 0.262 e. The van der Waals surface area contributed by atoms with Crippen LogP contribution in [0.15, 0.2) is 17.6 Å². The highest BCUT2D eigenvalue weighted by Crippen LogP contribution is 2.25. The van der Waals surface area contributed by atoms with Crippen LogP contribution in [-0.2, 0) is 16.6 Å². The Labute approximate surface area is 123 Å². The minimum atomic E-state index is -3.46. The van der Waals surface area contributed by atoms with Crippen LogP contribution >= 0.6 is 15.9 Å². The Morgan fingerprint density at radius 3 is 2.84 bits per heavy atom. The summed E-state index contributed by atoms with van der Waals surface area (Å²) in [7, 11) is -3.46. The molecule has 1 saturated heterocycles. The van der Waals surface area contributed by atoms with Gasteiger partial charge in [-0.1, -0.05) is 28.8 Å². The lowest BCUT2D eigenvalue weighted by Gasteiger charge is -2.26. The summed E-state index contributed by atoms with van der Waals surface area (Å²) in [6, 6.07) is 0.0410. The number of hydrogen-bond donors (Lipinski definition) is 0. The molecule has 0 aromatic carbocycles. The standard InChI is InChI=1S/C12H20BrN3O2S/c1-2-15-9-12(14-10-15)19(17,18)16-7-5-3-4-6-11(16)8-13/h9-11H,2-8H2,1H3. The maximum absolute atomic E-state index is 12.7. The van der Waals surface area contributed by atoms with Gasteiger partial charge in [-0.05, 0) is 19.8 Å². The zero-order valence-electron chi connectivity index (χ0n) is 11.1. The molecule has 1 aliphatic rings. The predicted molar refractivity (Wildman–Crippen MR) is 77.8 cm³/mol. The molecule has 2 heterocycles. The van der Waals surface area contributed by atoms with Gasteiger partial charge in [-0.3, -0.25) is 0 Å². The highest BCUT2D eigenvalue weighted by Gasteiger charge is 2.33. The van der Waals surface area contributed by atoms with E-state index in [2.05, 4.69) is 20.9 Å². The maximum atomic E-state index is 12.7. The molecule has 1 aromatic heterocycles. The highest BCUT2D eigenvalue weighted by molar-refractivity contribution is 9.09. The van der Waals surface area contributed by atoms with Crippen molar-refractivity contribution in [1.29, 1.82) is 0 Å². The van der Waals surface area contributed by atoms with Crippen LogP contribution in [-0.4, -0.2) is 40.2 Å². The fraction of sp³-hybridized carbons (Fsp3) is 0.750. The van der Waals surface area contributed by atoms with Crippen molar-refractivity contribution in [2.45, 2.75) is 50.2 Å². The predicted octanol–water partition coefficient (Wildman–Crippen LogP) is 2.23. The summed E-state index contributed by atoms with van der Waals surface area (Å²) in [6.45, 7) is 3.28. The van der Waals surface area contributed by atoms with Gasteiger partial charge in [0.05, 0.1) is 6.33 Å². The average molecular weight is 350 g/mol. The number of rotatable bonds is 4. The monoisotopic (exact) mass is 349 g/mol. The fourth-order valence-electron chi connectivity index (χ4n) is 2.39. The van der Waals surface area contributed by atoms with E-state index in [-0.39, 0.29) is 11.1 Å². The van der Waals surface area contributed by atoms with Gasteiger partial charge in [0.1, 0.15) is 0 Å². The van der Waals surface area contributed by atoms with Gasteiger partial charge in [-0.15, -0.1) is 0 Å². The molecule has 0 N–H and O–H groups in total. The first kappa shape index (κ1) is 15.0. The second kappa shape index (κ2) is 6.37. The van der Waals surface area contributed by atoms with Gasteiger partial charge in [0.2, 0.25) is 0 Å². The summed E-state index contributed by atoms with van der Waals surface area (Å²) < 4.78 is 28.7. The van der Waals surface area contributed by atoms with Crippen molar-refractivity contribution in [3.8, 4) is 0 Å².